The molecule has 0 aliphatic heterocycles. The molecule has 0 heterocycles. The normalized spacial score (nSPS) is 10.4. The number of benzene rings is 2. The van der Waals surface area contributed by atoms with E-state index in [4.69, 9.17) is 11.6 Å². The lowest BCUT2D eigenvalue weighted by Crippen LogP contribution is -2.12. The van der Waals surface area contributed by atoms with Crippen molar-refractivity contribution in [3.63, 3.8) is 0 Å². The van der Waals surface area contributed by atoms with Crippen molar-refractivity contribution >= 4 is 38.9 Å². The first-order chi connectivity index (χ1) is 9.47. The summed E-state index contributed by atoms with van der Waals surface area (Å²) in [6.07, 6.45) is 0. The van der Waals surface area contributed by atoms with E-state index < -0.39 is 0 Å². The van der Waals surface area contributed by atoms with Crippen molar-refractivity contribution in [2.75, 3.05) is 24.3 Å². The molecule has 0 radical (unpaired) electrons. The summed E-state index contributed by atoms with van der Waals surface area (Å²) in [5.74, 6) is -0.259. The first kappa shape index (κ1) is 15.1. The summed E-state index contributed by atoms with van der Waals surface area (Å²) in [7, 11) is 3.95. The molecule has 0 atom stereocenters. The van der Waals surface area contributed by atoms with Crippen LogP contribution < -0.4 is 10.2 Å². The van der Waals surface area contributed by atoms with E-state index in [1.807, 2.05) is 37.2 Å². The van der Waals surface area contributed by atoms with Gasteiger partial charge in [-0.05, 0) is 51.8 Å². The predicted molar refractivity (Wildman–Crippen MR) is 87.2 cm³/mol. The average molecular weight is 358 g/mol. The average Bonchev–Trinajstić information content (AvgIpc) is 2.40. The molecule has 0 fully saturated rings. The maximum Gasteiger partial charge on any atom is 0.137 e. The van der Waals surface area contributed by atoms with Crippen LogP contribution in [0.15, 0.2) is 40.9 Å². The summed E-state index contributed by atoms with van der Waals surface area (Å²) in [6, 6.07) is 10.7. The third-order valence-corrected chi connectivity index (χ3v) is 3.75. The summed E-state index contributed by atoms with van der Waals surface area (Å²) < 4.78 is 13.7. The highest BCUT2D eigenvalue weighted by Gasteiger charge is 2.06. The van der Waals surface area contributed by atoms with Crippen molar-refractivity contribution in [2.24, 2.45) is 0 Å². The molecule has 2 nitrogen and oxygen atoms in total. The van der Waals surface area contributed by atoms with Crippen LogP contribution in [0.4, 0.5) is 15.8 Å². The van der Waals surface area contributed by atoms with Gasteiger partial charge in [0, 0.05) is 25.7 Å². The van der Waals surface area contributed by atoms with Crippen molar-refractivity contribution in [2.45, 2.75) is 6.54 Å². The second-order valence-electron chi connectivity index (χ2n) is 4.66. The third-order valence-electron chi connectivity index (χ3n) is 2.91. The molecule has 5 heteroatoms. The standard InChI is InChI=1S/C15H15BrClFN2/c1-20(2)15-6-4-11(17)8-14(15)19-9-10-3-5-13(18)12(16)7-10/h3-8,19H,9H2,1-2H3. The van der Waals surface area contributed by atoms with E-state index in [9.17, 15) is 4.39 Å². The van der Waals surface area contributed by atoms with Crippen molar-refractivity contribution in [1.82, 2.24) is 0 Å². The van der Waals surface area contributed by atoms with Gasteiger partial charge in [0.1, 0.15) is 5.82 Å². The van der Waals surface area contributed by atoms with Crippen LogP contribution in [0, 0.1) is 5.82 Å². The number of hydrogen-bond acceptors (Lipinski definition) is 2. The molecule has 0 saturated carbocycles. The Hall–Kier alpha value is -1.26. The Morgan fingerprint density at radius 3 is 2.60 bits per heavy atom. The molecule has 20 heavy (non-hydrogen) atoms. The maximum absolute atomic E-state index is 13.2. The lowest BCUT2D eigenvalue weighted by molar-refractivity contribution is 0.620. The van der Waals surface area contributed by atoms with Crippen LogP contribution >= 0.6 is 27.5 Å². The molecule has 2 rings (SSSR count). The van der Waals surface area contributed by atoms with Gasteiger partial charge in [-0.1, -0.05) is 17.7 Å². The molecule has 0 saturated heterocycles. The zero-order valence-electron chi connectivity index (χ0n) is 11.3. The minimum atomic E-state index is -0.259. The van der Waals surface area contributed by atoms with Gasteiger partial charge in [0.25, 0.3) is 0 Å². The molecule has 2 aromatic rings. The van der Waals surface area contributed by atoms with Gasteiger partial charge in [0.05, 0.1) is 15.8 Å². The highest BCUT2D eigenvalue weighted by molar-refractivity contribution is 9.10. The van der Waals surface area contributed by atoms with Crippen LogP contribution in [0.5, 0.6) is 0 Å². The fourth-order valence-corrected chi connectivity index (χ4v) is 2.49. The molecule has 0 bridgehead atoms. The Balaban J connectivity index is 2.17. The first-order valence-corrected chi connectivity index (χ1v) is 7.29. The van der Waals surface area contributed by atoms with Crippen LogP contribution in [-0.4, -0.2) is 14.1 Å². The van der Waals surface area contributed by atoms with E-state index in [2.05, 4.69) is 21.2 Å². The Morgan fingerprint density at radius 2 is 1.95 bits per heavy atom. The van der Waals surface area contributed by atoms with Gasteiger partial charge in [0.15, 0.2) is 0 Å². The first-order valence-electron chi connectivity index (χ1n) is 6.12. The molecule has 1 N–H and O–H groups in total. The van der Waals surface area contributed by atoms with E-state index in [1.165, 1.54) is 6.07 Å². The zero-order valence-corrected chi connectivity index (χ0v) is 13.6. The minimum Gasteiger partial charge on any atom is -0.379 e. The molecule has 0 aromatic heterocycles. The highest BCUT2D eigenvalue weighted by atomic mass is 79.9. The van der Waals surface area contributed by atoms with E-state index in [-0.39, 0.29) is 5.82 Å². The number of nitrogens with one attached hydrogen (secondary N) is 1. The van der Waals surface area contributed by atoms with Gasteiger partial charge in [-0.3, -0.25) is 0 Å². The van der Waals surface area contributed by atoms with Crippen LogP contribution in [0.3, 0.4) is 0 Å². The fraction of sp³-hybridized carbons (Fsp3) is 0.200. The Morgan fingerprint density at radius 1 is 1.20 bits per heavy atom. The Bertz CT molecular complexity index is 617. The largest absolute Gasteiger partial charge is 0.379 e. The van der Waals surface area contributed by atoms with E-state index in [0.717, 1.165) is 16.9 Å². The molecule has 0 amide bonds. The summed E-state index contributed by atoms with van der Waals surface area (Å²) in [5, 5.41) is 4.01. The molecule has 0 spiro atoms. The summed E-state index contributed by atoms with van der Waals surface area (Å²) >= 11 is 9.22. The molecular formula is C15H15BrClFN2. The molecular weight excluding hydrogens is 343 g/mol. The highest BCUT2D eigenvalue weighted by Crippen LogP contribution is 2.28. The molecule has 0 unspecified atom stereocenters. The van der Waals surface area contributed by atoms with Crippen LogP contribution in [-0.2, 0) is 6.54 Å². The predicted octanol–water partition coefficient (Wildman–Crippen LogP) is 4.92. The second kappa shape index (κ2) is 6.46. The van der Waals surface area contributed by atoms with Crippen molar-refractivity contribution < 1.29 is 4.39 Å². The Labute approximate surface area is 131 Å². The van der Waals surface area contributed by atoms with Gasteiger partial charge in [0.2, 0.25) is 0 Å². The third kappa shape index (κ3) is 3.64. The molecule has 106 valence electrons. The quantitative estimate of drug-likeness (QED) is 0.835. The number of hydrogen-bond donors (Lipinski definition) is 1. The summed E-state index contributed by atoms with van der Waals surface area (Å²) in [6.45, 7) is 0.597. The van der Waals surface area contributed by atoms with E-state index in [1.54, 1.807) is 12.1 Å². The minimum absolute atomic E-state index is 0.259. The second-order valence-corrected chi connectivity index (χ2v) is 5.95. The van der Waals surface area contributed by atoms with Gasteiger partial charge < -0.3 is 10.2 Å². The monoisotopic (exact) mass is 356 g/mol. The van der Waals surface area contributed by atoms with Crippen LogP contribution in [0.25, 0.3) is 0 Å². The fourth-order valence-electron chi connectivity index (χ4n) is 1.89. The van der Waals surface area contributed by atoms with Gasteiger partial charge in [-0.2, -0.15) is 0 Å². The summed E-state index contributed by atoms with van der Waals surface area (Å²) in [4.78, 5) is 2.01. The zero-order chi connectivity index (χ0) is 14.7. The Kier molecular flexibility index (Phi) is 4.89. The van der Waals surface area contributed by atoms with Gasteiger partial charge in [-0.15, -0.1) is 0 Å². The van der Waals surface area contributed by atoms with Gasteiger partial charge in [-0.25, -0.2) is 4.39 Å². The van der Waals surface area contributed by atoms with E-state index in [0.29, 0.717) is 16.0 Å². The summed E-state index contributed by atoms with van der Waals surface area (Å²) in [5.41, 5.74) is 2.99. The number of nitrogens with zero attached hydrogens (tertiary/aromatic N) is 1. The van der Waals surface area contributed by atoms with Crippen LogP contribution in [0.1, 0.15) is 5.56 Å². The number of rotatable bonds is 4. The molecule has 2 aromatic carbocycles. The SMILES string of the molecule is CN(C)c1ccc(Cl)cc1NCc1ccc(F)c(Br)c1. The number of halogens is 3. The lowest BCUT2D eigenvalue weighted by Gasteiger charge is -2.19. The molecule has 0 aliphatic carbocycles. The smallest absolute Gasteiger partial charge is 0.137 e. The van der Waals surface area contributed by atoms with Gasteiger partial charge >= 0.3 is 0 Å². The number of anilines is 2. The lowest BCUT2D eigenvalue weighted by atomic mass is 10.2. The van der Waals surface area contributed by atoms with Crippen LogP contribution in [0.2, 0.25) is 5.02 Å². The topological polar surface area (TPSA) is 15.3 Å². The molecule has 0 aliphatic rings. The van der Waals surface area contributed by atoms with Crippen molar-refractivity contribution in [3.05, 3.63) is 57.3 Å². The van der Waals surface area contributed by atoms with Crippen molar-refractivity contribution in [1.29, 1.82) is 0 Å². The van der Waals surface area contributed by atoms with E-state index >= 15 is 0 Å². The maximum atomic E-state index is 13.2. The van der Waals surface area contributed by atoms with Crippen molar-refractivity contribution in [3.8, 4) is 0 Å².